The second-order valence-electron chi connectivity index (χ2n) is 6.17. The second kappa shape index (κ2) is 7.21. The number of fused-ring (bicyclic) bond motifs is 1. The van der Waals surface area contributed by atoms with Gasteiger partial charge in [0.15, 0.2) is 0 Å². The van der Waals surface area contributed by atoms with Crippen molar-refractivity contribution in [1.29, 1.82) is 0 Å². The van der Waals surface area contributed by atoms with Gasteiger partial charge in [-0.25, -0.2) is 8.42 Å². The number of rotatable bonds is 5. The molecule has 27 heavy (non-hydrogen) atoms. The normalized spacial score (nSPS) is 11.4. The standard InChI is InChI=1S/C22H18N2O2S/c25-27(26,18-11-5-2-6-12-18)21-16-23-20-14-8-7-13-19(20)22(21)24-15-17-9-3-1-4-10-17/h1-14,16H,15H2,(H,23,24). The second-order valence-corrected chi connectivity index (χ2v) is 8.09. The summed E-state index contributed by atoms with van der Waals surface area (Å²) in [6.07, 6.45) is 1.44. The van der Waals surface area contributed by atoms with Crippen molar-refractivity contribution in [3.8, 4) is 0 Å². The van der Waals surface area contributed by atoms with E-state index in [1.807, 2.05) is 54.6 Å². The number of benzene rings is 3. The van der Waals surface area contributed by atoms with Gasteiger partial charge in [-0.15, -0.1) is 0 Å². The molecule has 0 aliphatic rings. The van der Waals surface area contributed by atoms with Gasteiger partial charge in [-0.2, -0.15) is 0 Å². The third-order valence-corrected chi connectivity index (χ3v) is 6.18. The molecule has 0 saturated carbocycles. The zero-order chi connectivity index (χ0) is 18.7. The fourth-order valence-corrected chi connectivity index (χ4v) is 4.43. The van der Waals surface area contributed by atoms with Crippen LogP contribution >= 0.6 is 0 Å². The maximum atomic E-state index is 13.2. The van der Waals surface area contributed by atoms with Gasteiger partial charge in [0, 0.05) is 18.1 Å². The lowest BCUT2D eigenvalue weighted by Crippen LogP contribution is -2.09. The van der Waals surface area contributed by atoms with Gasteiger partial charge in [0.05, 0.1) is 16.1 Å². The fourth-order valence-electron chi connectivity index (χ4n) is 3.02. The van der Waals surface area contributed by atoms with E-state index in [-0.39, 0.29) is 9.79 Å². The molecule has 0 saturated heterocycles. The Labute approximate surface area is 158 Å². The molecule has 0 atom stereocenters. The Bertz CT molecular complexity index is 1170. The molecule has 0 spiro atoms. The van der Waals surface area contributed by atoms with E-state index in [2.05, 4.69) is 10.3 Å². The zero-order valence-electron chi connectivity index (χ0n) is 14.5. The maximum Gasteiger partial charge on any atom is 0.210 e. The van der Waals surface area contributed by atoms with Crippen molar-refractivity contribution >= 4 is 26.4 Å². The lowest BCUT2D eigenvalue weighted by atomic mass is 10.1. The van der Waals surface area contributed by atoms with E-state index >= 15 is 0 Å². The summed E-state index contributed by atoms with van der Waals surface area (Å²) in [4.78, 5) is 4.81. The van der Waals surface area contributed by atoms with Gasteiger partial charge in [-0.3, -0.25) is 4.98 Å². The van der Waals surface area contributed by atoms with Gasteiger partial charge in [0.1, 0.15) is 4.90 Å². The van der Waals surface area contributed by atoms with Crippen molar-refractivity contribution in [2.24, 2.45) is 0 Å². The molecule has 5 heteroatoms. The van der Waals surface area contributed by atoms with Crippen LogP contribution in [-0.4, -0.2) is 13.4 Å². The highest BCUT2D eigenvalue weighted by atomic mass is 32.2. The first kappa shape index (κ1) is 17.2. The number of nitrogens with one attached hydrogen (secondary N) is 1. The Kier molecular flexibility index (Phi) is 4.60. The molecule has 4 rings (SSSR count). The van der Waals surface area contributed by atoms with Gasteiger partial charge in [-0.05, 0) is 23.8 Å². The number of nitrogens with zero attached hydrogens (tertiary/aromatic N) is 1. The molecule has 0 bridgehead atoms. The minimum atomic E-state index is -3.69. The highest BCUT2D eigenvalue weighted by Crippen LogP contribution is 2.33. The lowest BCUT2D eigenvalue weighted by Gasteiger charge is -2.15. The number of hydrogen-bond donors (Lipinski definition) is 1. The first-order valence-corrected chi connectivity index (χ1v) is 10.1. The number of hydrogen-bond acceptors (Lipinski definition) is 4. The third kappa shape index (κ3) is 3.41. The Morgan fingerprint density at radius 3 is 2.15 bits per heavy atom. The van der Waals surface area contributed by atoms with Crippen LogP contribution in [0, 0.1) is 0 Å². The van der Waals surface area contributed by atoms with Gasteiger partial charge in [-0.1, -0.05) is 66.7 Å². The van der Waals surface area contributed by atoms with Crippen molar-refractivity contribution < 1.29 is 8.42 Å². The molecule has 4 aromatic rings. The number of sulfone groups is 1. The van der Waals surface area contributed by atoms with E-state index in [0.717, 1.165) is 16.5 Å². The summed E-state index contributed by atoms with van der Waals surface area (Å²) in [5.41, 5.74) is 2.40. The topological polar surface area (TPSA) is 59.1 Å². The molecular formula is C22H18N2O2S. The van der Waals surface area contributed by atoms with Crippen LogP contribution in [0.3, 0.4) is 0 Å². The predicted octanol–water partition coefficient (Wildman–Crippen LogP) is 4.68. The minimum absolute atomic E-state index is 0.184. The molecule has 0 aliphatic heterocycles. The van der Waals surface area contributed by atoms with Crippen LogP contribution < -0.4 is 5.32 Å². The molecule has 1 N–H and O–H groups in total. The van der Waals surface area contributed by atoms with E-state index in [4.69, 9.17) is 0 Å². The monoisotopic (exact) mass is 374 g/mol. The third-order valence-electron chi connectivity index (χ3n) is 4.40. The molecule has 134 valence electrons. The van der Waals surface area contributed by atoms with Crippen LogP contribution in [0.5, 0.6) is 0 Å². The molecule has 0 fully saturated rings. The van der Waals surface area contributed by atoms with Gasteiger partial charge >= 0.3 is 0 Å². The highest BCUT2D eigenvalue weighted by molar-refractivity contribution is 7.91. The Hall–Kier alpha value is -3.18. The molecule has 4 nitrogen and oxygen atoms in total. The average Bonchev–Trinajstić information content (AvgIpc) is 2.73. The summed E-state index contributed by atoms with van der Waals surface area (Å²) < 4.78 is 26.5. The number of anilines is 1. The molecule has 1 aromatic heterocycles. The first-order chi connectivity index (χ1) is 13.2. The van der Waals surface area contributed by atoms with E-state index in [1.54, 1.807) is 30.3 Å². The molecule has 0 aliphatic carbocycles. The molecular weight excluding hydrogens is 356 g/mol. The molecule has 3 aromatic carbocycles. The van der Waals surface area contributed by atoms with Crippen molar-refractivity contribution in [1.82, 2.24) is 4.98 Å². The Morgan fingerprint density at radius 1 is 0.778 bits per heavy atom. The Morgan fingerprint density at radius 2 is 1.41 bits per heavy atom. The summed E-state index contributed by atoms with van der Waals surface area (Å²) in [6, 6.07) is 25.9. The smallest absolute Gasteiger partial charge is 0.210 e. The van der Waals surface area contributed by atoms with E-state index in [0.29, 0.717) is 12.2 Å². The quantitative estimate of drug-likeness (QED) is 0.551. The minimum Gasteiger partial charge on any atom is -0.379 e. The zero-order valence-corrected chi connectivity index (χ0v) is 15.4. The first-order valence-electron chi connectivity index (χ1n) is 8.62. The SMILES string of the molecule is O=S(=O)(c1ccccc1)c1cnc2ccccc2c1NCc1ccccc1. The molecule has 1 heterocycles. The van der Waals surface area contributed by atoms with E-state index < -0.39 is 9.84 Å². The van der Waals surface area contributed by atoms with Crippen LogP contribution in [0.4, 0.5) is 5.69 Å². The summed E-state index contributed by atoms with van der Waals surface area (Å²) in [6.45, 7) is 0.520. The highest BCUT2D eigenvalue weighted by Gasteiger charge is 2.23. The maximum absolute atomic E-state index is 13.2. The molecule has 0 unspecified atom stereocenters. The average molecular weight is 374 g/mol. The van der Waals surface area contributed by atoms with Gasteiger partial charge in [0.25, 0.3) is 0 Å². The van der Waals surface area contributed by atoms with Crippen molar-refractivity contribution in [3.63, 3.8) is 0 Å². The summed E-state index contributed by atoms with van der Waals surface area (Å²) >= 11 is 0. The summed E-state index contributed by atoms with van der Waals surface area (Å²) in [7, 11) is -3.69. The van der Waals surface area contributed by atoms with Crippen molar-refractivity contribution in [2.75, 3.05) is 5.32 Å². The fraction of sp³-hybridized carbons (Fsp3) is 0.0455. The van der Waals surface area contributed by atoms with Crippen LogP contribution in [0.15, 0.2) is 101 Å². The largest absolute Gasteiger partial charge is 0.379 e. The van der Waals surface area contributed by atoms with Gasteiger partial charge < -0.3 is 5.32 Å². The lowest BCUT2D eigenvalue weighted by molar-refractivity contribution is 0.596. The van der Waals surface area contributed by atoms with E-state index in [1.165, 1.54) is 6.20 Å². The summed E-state index contributed by atoms with van der Waals surface area (Å²) in [5.74, 6) is 0. The summed E-state index contributed by atoms with van der Waals surface area (Å²) in [5, 5.41) is 4.11. The van der Waals surface area contributed by atoms with Crippen LogP contribution in [0.1, 0.15) is 5.56 Å². The van der Waals surface area contributed by atoms with Crippen molar-refractivity contribution in [3.05, 3.63) is 96.7 Å². The van der Waals surface area contributed by atoms with Crippen molar-refractivity contribution in [2.45, 2.75) is 16.3 Å². The number of para-hydroxylation sites is 1. The number of pyridine rings is 1. The van der Waals surface area contributed by atoms with Crippen LogP contribution in [0.25, 0.3) is 10.9 Å². The Balaban J connectivity index is 1.85. The molecule has 0 radical (unpaired) electrons. The molecule has 0 amide bonds. The number of aromatic nitrogens is 1. The van der Waals surface area contributed by atoms with Gasteiger partial charge in [0.2, 0.25) is 9.84 Å². The van der Waals surface area contributed by atoms with Crippen LogP contribution in [-0.2, 0) is 16.4 Å². The predicted molar refractivity (Wildman–Crippen MR) is 107 cm³/mol. The van der Waals surface area contributed by atoms with Crippen LogP contribution in [0.2, 0.25) is 0 Å². The van der Waals surface area contributed by atoms with E-state index in [9.17, 15) is 8.42 Å².